The number of hydrogen-bond acceptors (Lipinski definition) is 0. The smallest absolute Gasteiger partial charge is 0.0776 e. The van der Waals surface area contributed by atoms with E-state index in [1.807, 2.05) is 0 Å². The van der Waals surface area contributed by atoms with Crippen LogP contribution in [0.4, 0.5) is 0 Å². The normalized spacial score (nSPS) is 10.8. The lowest BCUT2D eigenvalue weighted by Gasteiger charge is -2.30. The summed E-state index contributed by atoms with van der Waals surface area (Å²) in [5, 5.41) is 5.96. The zero-order chi connectivity index (χ0) is 20.2. The van der Waals surface area contributed by atoms with Crippen LogP contribution in [0.2, 0.25) is 0 Å². The third-order valence-corrected chi connectivity index (χ3v) is 16.1. The molecule has 0 radical (unpaired) electrons. The summed E-state index contributed by atoms with van der Waals surface area (Å²) >= 11 is 0. The number of benzene rings is 4. The van der Waals surface area contributed by atoms with E-state index in [1.165, 1.54) is 27.1 Å². The van der Waals surface area contributed by atoms with Crippen LogP contribution in [0.3, 0.4) is 0 Å². The lowest BCUT2D eigenvalue weighted by Crippen LogP contribution is -2.31. The molecule has 0 amide bonds. The van der Waals surface area contributed by atoms with Gasteiger partial charge in [0.1, 0.15) is 35.7 Å². The van der Waals surface area contributed by atoms with Gasteiger partial charge in [-0.1, -0.05) is 95.1 Å². The van der Waals surface area contributed by atoms with Gasteiger partial charge in [-0.15, -0.1) is 0 Å². The molecule has 0 nitrogen and oxygen atoms in total. The first-order valence-corrected chi connectivity index (χ1v) is 14.9. The van der Waals surface area contributed by atoms with Crippen LogP contribution in [0.25, 0.3) is 0 Å². The zero-order valence-corrected chi connectivity index (χ0v) is 18.9. The van der Waals surface area contributed by atoms with Crippen molar-refractivity contribution < 1.29 is 0 Å². The Balaban J connectivity index is 0.00000171. The largest absolute Gasteiger partial charge is 0.178 e. The summed E-state index contributed by atoms with van der Waals surface area (Å²) in [6, 6.07) is 44.7. The third kappa shape index (κ3) is 5.56. The Labute approximate surface area is 198 Å². The number of rotatable bonds is 6. The Hall–Kier alpha value is -2.26. The van der Waals surface area contributed by atoms with Crippen LogP contribution in [0, 0.1) is 0 Å². The van der Waals surface area contributed by atoms with Gasteiger partial charge in [-0.3, -0.25) is 0 Å². The monoisotopic (exact) mass is 462 g/mol. The first-order valence-electron chi connectivity index (χ1n) is 10.1. The summed E-state index contributed by atoms with van der Waals surface area (Å²) in [7, 11) is -3.15. The maximum absolute atomic E-state index is 2.53. The van der Waals surface area contributed by atoms with Crippen LogP contribution < -0.4 is 21.2 Å². The van der Waals surface area contributed by atoms with Gasteiger partial charge in [0, 0.05) is 0 Å². The molecule has 0 saturated carbocycles. The van der Waals surface area contributed by atoms with E-state index in [0.29, 0.717) is 0 Å². The molecule has 2 heteroatoms. The standard InChI is InChI=1S/C27H28P2.3CH4/c1-28(24-15-7-3-8-16-24,25-17-9-4-10-18-25)23-29(2,26-19-11-5-12-20-26)27-21-13-6-14-22-27;;;/h3-22H,23H2,1-2H3;3*1H4/q+2;;;. The highest BCUT2D eigenvalue weighted by Crippen LogP contribution is 2.68. The van der Waals surface area contributed by atoms with Crippen LogP contribution in [0.1, 0.15) is 22.3 Å². The molecule has 32 heavy (non-hydrogen) atoms. The SMILES string of the molecule is C.C.C.C[P+](C[P+](C)(c1ccccc1)c1ccccc1)(c1ccccc1)c1ccccc1. The van der Waals surface area contributed by atoms with Crippen LogP contribution in [-0.4, -0.2) is 19.2 Å². The van der Waals surface area contributed by atoms with E-state index >= 15 is 0 Å². The van der Waals surface area contributed by atoms with Gasteiger partial charge in [0.25, 0.3) is 0 Å². The maximum atomic E-state index is 2.53. The van der Waals surface area contributed by atoms with Crippen LogP contribution in [-0.2, 0) is 0 Å². The molecule has 0 aromatic heterocycles. The Morgan fingerprint density at radius 3 is 0.750 bits per heavy atom. The fraction of sp³-hybridized carbons (Fsp3) is 0.200. The molecule has 0 unspecified atom stereocenters. The Morgan fingerprint density at radius 2 is 0.562 bits per heavy atom. The quantitative estimate of drug-likeness (QED) is 0.261. The maximum Gasteiger partial charge on any atom is 0.178 e. The molecule has 0 aliphatic heterocycles. The Kier molecular flexibility index (Phi) is 10.5. The van der Waals surface area contributed by atoms with Crippen molar-refractivity contribution in [3.63, 3.8) is 0 Å². The molecule has 168 valence electrons. The molecule has 0 heterocycles. The van der Waals surface area contributed by atoms with E-state index in [-0.39, 0.29) is 22.3 Å². The van der Waals surface area contributed by atoms with E-state index in [1.54, 1.807) is 0 Å². The summed E-state index contributed by atoms with van der Waals surface area (Å²) in [4.78, 5) is 0. The van der Waals surface area contributed by atoms with Crippen molar-refractivity contribution in [3.8, 4) is 0 Å². The molecule has 0 atom stereocenters. The van der Waals surface area contributed by atoms with Gasteiger partial charge < -0.3 is 0 Å². The fourth-order valence-electron chi connectivity index (χ4n) is 4.22. The molecular weight excluding hydrogens is 422 g/mol. The van der Waals surface area contributed by atoms with Crippen molar-refractivity contribution >= 4 is 35.7 Å². The van der Waals surface area contributed by atoms with Crippen LogP contribution in [0.15, 0.2) is 121 Å². The molecule has 0 aliphatic carbocycles. The first kappa shape index (κ1) is 27.8. The summed E-state index contributed by atoms with van der Waals surface area (Å²) in [5.41, 5.74) is 0. The van der Waals surface area contributed by atoms with E-state index in [9.17, 15) is 0 Å². The fourth-order valence-corrected chi connectivity index (χ4v) is 15.3. The Morgan fingerprint density at radius 1 is 0.375 bits per heavy atom. The van der Waals surface area contributed by atoms with Gasteiger partial charge in [-0.25, -0.2) is 0 Å². The summed E-state index contributed by atoms with van der Waals surface area (Å²) < 4.78 is 0. The predicted octanol–water partition coefficient (Wildman–Crippen LogP) is 7.45. The van der Waals surface area contributed by atoms with Crippen molar-refractivity contribution in [1.29, 1.82) is 0 Å². The van der Waals surface area contributed by atoms with Crippen LogP contribution in [0.5, 0.6) is 0 Å². The minimum Gasteiger partial charge on any atom is -0.0776 e. The predicted molar refractivity (Wildman–Crippen MR) is 155 cm³/mol. The Bertz CT molecular complexity index is 863. The van der Waals surface area contributed by atoms with E-state index in [4.69, 9.17) is 0 Å². The molecule has 0 N–H and O–H groups in total. The molecule has 4 aromatic rings. The van der Waals surface area contributed by atoms with Crippen molar-refractivity contribution in [2.24, 2.45) is 0 Å². The zero-order valence-electron chi connectivity index (χ0n) is 17.1. The highest BCUT2D eigenvalue weighted by Gasteiger charge is 2.51. The molecule has 0 spiro atoms. The average Bonchev–Trinajstić information content (AvgIpc) is 2.81. The van der Waals surface area contributed by atoms with Crippen molar-refractivity contribution in [1.82, 2.24) is 0 Å². The highest BCUT2D eigenvalue weighted by atomic mass is 31.2. The van der Waals surface area contributed by atoms with Crippen LogP contribution >= 0.6 is 14.5 Å². The van der Waals surface area contributed by atoms with E-state index in [0.717, 1.165) is 0 Å². The second-order valence-corrected chi connectivity index (χ2v) is 15.8. The van der Waals surface area contributed by atoms with Crippen molar-refractivity contribution in [2.45, 2.75) is 22.3 Å². The summed E-state index contributed by atoms with van der Waals surface area (Å²) in [5.74, 6) is 1.20. The number of hydrogen-bond donors (Lipinski definition) is 0. The lowest BCUT2D eigenvalue weighted by molar-refractivity contribution is 1.69. The van der Waals surface area contributed by atoms with Gasteiger partial charge in [0.15, 0.2) is 5.90 Å². The molecular formula is C30H40P2+2. The summed E-state index contributed by atoms with van der Waals surface area (Å²) in [6.07, 6.45) is 0. The van der Waals surface area contributed by atoms with Crippen molar-refractivity contribution in [3.05, 3.63) is 121 Å². The van der Waals surface area contributed by atoms with E-state index in [2.05, 4.69) is 135 Å². The third-order valence-electron chi connectivity index (χ3n) is 5.87. The first-order chi connectivity index (χ1) is 14.1. The van der Waals surface area contributed by atoms with Gasteiger partial charge in [-0.2, -0.15) is 0 Å². The molecule has 0 fully saturated rings. The minimum absolute atomic E-state index is 0. The van der Waals surface area contributed by atoms with Gasteiger partial charge in [0.2, 0.25) is 0 Å². The van der Waals surface area contributed by atoms with Gasteiger partial charge >= 0.3 is 0 Å². The highest BCUT2D eigenvalue weighted by molar-refractivity contribution is 8.03. The van der Waals surface area contributed by atoms with Crippen molar-refractivity contribution in [2.75, 3.05) is 19.2 Å². The van der Waals surface area contributed by atoms with E-state index < -0.39 is 14.5 Å². The molecule has 4 aromatic carbocycles. The molecule has 0 bridgehead atoms. The minimum atomic E-state index is -1.58. The average molecular weight is 463 g/mol. The molecule has 4 rings (SSSR count). The van der Waals surface area contributed by atoms with Gasteiger partial charge in [-0.05, 0) is 48.5 Å². The topological polar surface area (TPSA) is 0 Å². The summed E-state index contributed by atoms with van der Waals surface area (Å²) in [6.45, 7) is 5.06. The second-order valence-electron chi connectivity index (χ2n) is 7.87. The lowest BCUT2D eigenvalue weighted by atomic mass is 10.4. The second kappa shape index (κ2) is 12.1. The molecule has 0 saturated heterocycles. The molecule has 0 aliphatic rings. The van der Waals surface area contributed by atoms with Gasteiger partial charge in [0.05, 0.1) is 13.3 Å².